The fourth-order valence-corrected chi connectivity index (χ4v) is 5.75. The number of oxazole rings is 1. The largest absolute Gasteiger partial charge is 0.481 e. The molecule has 1 aromatic rings. The van der Waals surface area contributed by atoms with Gasteiger partial charge in [-0.1, -0.05) is 0 Å². The molecule has 4 bridgehead atoms. The van der Waals surface area contributed by atoms with Crippen LogP contribution in [0.4, 0.5) is 0 Å². The molecule has 4 fully saturated rings. The Labute approximate surface area is 118 Å². The molecule has 1 unspecified atom stereocenters. The highest BCUT2D eigenvalue weighted by Crippen LogP contribution is 2.65. The van der Waals surface area contributed by atoms with E-state index in [0.29, 0.717) is 5.89 Å². The van der Waals surface area contributed by atoms with Crippen molar-refractivity contribution in [1.29, 1.82) is 0 Å². The van der Waals surface area contributed by atoms with E-state index in [1.54, 1.807) is 12.5 Å². The molecule has 4 nitrogen and oxygen atoms in total. The summed E-state index contributed by atoms with van der Waals surface area (Å²) in [6.45, 7) is 0. The van der Waals surface area contributed by atoms with Crippen LogP contribution in [0.15, 0.2) is 16.9 Å². The van der Waals surface area contributed by atoms with Crippen LogP contribution in [0.2, 0.25) is 0 Å². The van der Waals surface area contributed by atoms with Gasteiger partial charge in [-0.3, -0.25) is 4.79 Å². The summed E-state index contributed by atoms with van der Waals surface area (Å²) in [5.74, 6) is 2.31. The minimum absolute atomic E-state index is 0.0385. The summed E-state index contributed by atoms with van der Waals surface area (Å²) in [7, 11) is 0. The van der Waals surface area contributed by atoms with Crippen molar-refractivity contribution in [3.63, 3.8) is 0 Å². The maximum Gasteiger partial charge on any atom is 0.304 e. The number of aromatic nitrogens is 1. The molecular weight excluding hydrogens is 254 g/mol. The van der Waals surface area contributed by atoms with Crippen LogP contribution in [0.5, 0.6) is 0 Å². The number of hydrogen-bond acceptors (Lipinski definition) is 3. The van der Waals surface area contributed by atoms with E-state index < -0.39 is 5.97 Å². The van der Waals surface area contributed by atoms with Gasteiger partial charge in [0.1, 0.15) is 6.26 Å². The number of carboxylic acid groups (broad SMARTS) is 1. The average molecular weight is 275 g/mol. The van der Waals surface area contributed by atoms with Gasteiger partial charge >= 0.3 is 5.97 Å². The number of carbonyl (C=O) groups is 1. The van der Waals surface area contributed by atoms with Crippen molar-refractivity contribution in [2.75, 3.05) is 0 Å². The van der Waals surface area contributed by atoms with Crippen molar-refractivity contribution in [1.82, 2.24) is 4.98 Å². The highest BCUT2D eigenvalue weighted by atomic mass is 16.4. The van der Waals surface area contributed by atoms with Crippen LogP contribution in [-0.4, -0.2) is 16.1 Å². The number of nitrogens with zero attached hydrogens (tertiary/aromatic N) is 1. The summed E-state index contributed by atoms with van der Waals surface area (Å²) in [6.07, 6.45) is 11.0. The summed E-state index contributed by atoms with van der Waals surface area (Å²) < 4.78 is 5.51. The van der Waals surface area contributed by atoms with Crippen LogP contribution in [0.1, 0.15) is 56.8 Å². The lowest BCUT2D eigenvalue weighted by atomic mass is 9.46. The van der Waals surface area contributed by atoms with Crippen molar-refractivity contribution >= 4 is 5.97 Å². The maximum absolute atomic E-state index is 11.3. The first-order valence-electron chi connectivity index (χ1n) is 7.76. The Morgan fingerprint density at radius 1 is 1.30 bits per heavy atom. The summed E-state index contributed by atoms with van der Waals surface area (Å²) in [5, 5.41) is 9.31. The Hall–Kier alpha value is -1.32. The van der Waals surface area contributed by atoms with E-state index in [2.05, 4.69) is 4.98 Å². The molecule has 0 aromatic carbocycles. The van der Waals surface area contributed by atoms with E-state index >= 15 is 0 Å². The molecule has 4 heteroatoms. The van der Waals surface area contributed by atoms with Gasteiger partial charge < -0.3 is 9.52 Å². The fourth-order valence-electron chi connectivity index (χ4n) is 5.75. The summed E-state index contributed by atoms with van der Waals surface area (Å²) >= 11 is 0. The minimum atomic E-state index is -0.732. The highest BCUT2D eigenvalue weighted by molar-refractivity contribution is 5.68. The Kier molecular flexibility index (Phi) is 2.69. The molecule has 5 rings (SSSR count). The predicted molar refractivity (Wildman–Crippen MR) is 72.1 cm³/mol. The van der Waals surface area contributed by atoms with Crippen molar-refractivity contribution < 1.29 is 14.3 Å². The van der Waals surface area contributed by atoms with Crippen LogP contribution in [0, 0.1) is 23.2 Å². The Morgan fingerprint density at radius 3 is 2.35 bits per heavy atom. The van der Waals surface area contributed by atoms with Crippen LogP contribution >= 0.6 is 0 Å². The van der Waals surface area contributed by atoms with Crippen molar-refractivity contribution in [2.24, 2.45) is 23.2 Å². The highest BCUT2D eigenvalue weighted by Gasteiger charge is 2.55. The van der Waals surface area contributed by atoms with E-state index in [1.165, 1.54) is 38.5 Å². The number of aliphatic carboxylic acids is 1. The monoisotopic (exact) mass is 275 g/mol. The molecule has 4 saturated carbocycles. The first-order chi connectivity index (χ1) is 9.64. The second-order valence-corrected chi connectivity index (χ2v) is 7.30. The predicted octanol–water partition coefficient (Wildman–Crippen LogP) is 3.45. The molecule has 0 aliphatic heterocycles. The molecule has 1 atom stereocenters. The van der Waals surface area contributed by atoms with E-state index in [0.717, 1.165) is 17.8 Å². The number of rotatable bonds is 4. The molecule has 1 heterocycles. The van der Waals surface area contributed by atoms with Crippen molar-refractivity contribution in [2.45, 2.75) is 50.9 Å². The normalized spacial score (nSPS) is 39.9. The van der Waals surface area contributed by atoms with Gasteiger partial charge in [-0.2, -0.15) is 0 Å². The van der Waals surface area contributed by atoms with Gasteiger partial charge in [0.25, 0.3) is 0 Å². The lowest BCUT2D eigenvalue weighted by molar-refractivity contribution is -0.141. The van der Waals surface area contributed by atoms with Gasteiger partial charge in [-0.25, -0.2) is 4.98 Å². The Balaban J connectivity index is 1.70. The van der Waals surface area contributed by atoms with Crippen LogP contribution < -0.4 is 0 Å². The molecule has 0 saturated heterocycles. The van der Waals surface area contributed by atoms with Gasteiger partial charge in [0, 0.05) is 0 Å². The quantitative estimate of drug-likeness (QED) is 0.914. The van der Waals surface area contributed by atoms with Crippen LogP contribution in [0.3, 0.4) is 0 Å². The topological polar surface area (TPSA) is 63.3 Å². The van der Waals surface area contributed by atoms with Crippen molar-refractivity contribution in [3.05, 3.63) is 18.4 Å². The molecule has 4 aliphatic carbocycles. The number of carboxylic acids is 1. The molecule has 1 aromatic heterocycles. The third kappa shape index (κ3) is 1.88. The van der Waals surface area contributed by atoms with Gasteiger partial charge in [0.05, 0.1) is 18.5 Å². The fraction of sp³-hybridized carbons (Fsp3) is 0.750. The molecule has 0 amide bonds. The average Bonchev–Trinajstić information content (AvgIpc) is 2.87. The van der Waals surface area contributed by atoms with Crippen molar-refractivity contribution in [3.8, 4) is 0 Å². The SMILES string of the molecule is O=C(O)CC(c1ncco1)C12CC3CC(CC(C3)C1)C2. The van der Waals surface area contributed by atoms with Gasteiger partial charge in [-0.05, 0) is 61.7 Å². The lowest BCUT2D eigenvalue weighted by Crippen LogP contribution is -2.49. The zero-order valence-electron chi connectivity index (χ0n) is 11.6. The Bertz CT molecular complexity index is 473. The van der Waals surface area contributed by atoms with E-state index in [9.17, 15) is 9.90 Å². The van der Waals surface area contributed by atoms with E-state index in [1.807, 2.05) is 0 Å². The molecule has 4 aliphatic rings. The van der Waals surface area contributed by atoms with Gasteiger partial charge in [-0.15, -0.1) is 0 Å². The summed E-state index contributed by atoms with van der Waals surface area (Å²) in [6, 6.07) is 0. The first-order valence-corrected chi connectivity index (χ1v) is 7.76. The molecule has 20 heavy (non-hydrogen) atoms. The third-order valence-corrected chi connectivity index (χ3v) is 5.95. The zero-order chi connectivity index (χ0) is 13.7. The maximum atomic E-state index is 11.3. The smallest absolute Gasteiger partial charge is 0.304 e. The lowest BCUT2D eigenvalue weighted by Gasteiger charge is -2.58. The molecular formula is C16H21NO3. The standard InChI is InChI=1S/C16H21NO3/c18-14(19)6-13(15-17-1-2-20-15)16-7-10-3-11(8-16)5-12(4-10)9-16/h1-2,10-13H,3-9H2,(H,18,19). The van der Waals surface area contributed by atoms with Gasteiger partial charge in [0.2, 0.25) is 0 Å². The summed E-state index contributed by atoms with van der Waals surface area (Å²) in [5.41, 5.74) is 0.137. The zero-order valence-corrected chi connectivity index (χ0v) is 11.6. The number of hydrogen-bond donors (Lipinski definition) is 1. The third-order valence-electron chi connectivity index (χ3n) is 5.95. The molecule has 0 spiro atoms. The first kappa shape index (κ1) is 12.4. The second kappa shape index (κ2) is 4.34. The van der Waals surface area contributed by atoms with Gasteiger partial charge in [0.15, 0.2) is 5.89 Å². The molecule has 108 valence electrons. The molecule has 0 radical (unpaired) electrons. The Morgan fingerprint density at radius 2 is 1.90 bits per heavy atom. The second-order valence-electron chi connectivity index (χ2n) is 7.30. The minimum Gasteiger partial charge on any atom is -0.481 e. The summed E-state index contributed by atoms with van der Waals surface area (Å²) in [4.78, 5) is 15.6. The van der Waals surface area contributed by atoms with Crippen LogP contribution in [0.25, 0.3) is 0 Å². The van der Waals surface area contributed by atoms with E-state index in [-0.39, 0.29) is 17.8 Å². The van der Waals surface area contributed by atoms with E-state index in [4.69, 9.17) is 4.42 Å². The van der Waals surface area contributed by atoms with Crippen LogP contribution in [-0.2, 0) is 4.79 Å². The molecule has 1 N–H and O–H groups in total.